The van der Waals surface area contributed by atoms with E-state index in [1.165, 1.54) is 5.56 Å². The van der Waals surface area contributed by atoms with E-state index in [2.05, 4.69) is 61.4 Å². The van der Waals surface area contributed by atoms with Gasteiger partial charge >= 0.3 is 11.9 Å². The fourth-order valence-electron chi connectivity index (χ4n) is 9.34. The summed E-state index contributed by atoms with van der Waals surface area (Å²) >= 11 is 0. The molecule has 13 heteroatoms. The molecule has 354 valence electrons. The highest BCUT2D eigenvalue weighted by molar-refractivity contribution is 5.79. The number of epoxide rings is 1. The van der Waals surface area contributed by atoms with E-state index in [4.69, 9.17) is 28.9 Å². The van der Waals surface area contributed by atoms with Crippen LogP contribution in [0.3, 0.4) is 0 Å². The van der Waals surface area contributed by atoms with Crippen molar-refractivity contribution in [2.24, 2.45) is 0 Å². The van der Waals surface area contributed by atoms with Gasteiger partial charge < -0.3 is 43.1 Å². The van der Waals surface area contributed by atoms with Gasteiger partial charge in [0, 0.05) is 31.7 Å². The third kappa shape index (κ3) is 14.8. The van der Waals surface area contributed by atoms with E-state index in [9.17, 15) is 14.7 Å². The molecule has 3 N–H and O–H groups in total. The summed E-state index contributed by atoms with van der Waals surface area (Å²) in [5.41, 5.74) is 3.57. The number of aryl methyl sites for hydroxylation is 1. The van der Waals surface area contributed by atoms with Crippen LogP contribution in [0.4, 0.5) is 0 Å². The van der Waals surface area contributed by atoms with E-state index in [-0.39, 0.29) is 44.8 Å². The first-order chi connectivity index (χ1) is 31.1. The van der Waals surface area contributed by atoms with Crippen molar-refractivity contribution >= 4 is 11.9 Å². The lowest BCUT2D eigenvalue weighted by Crippen LogP contribution is -2.56. The second kappa shape index (κ2) is 26.3. The van der Waals surface area contributed by atoms with Crippen molar-refractivity contribution in [1.29, 1.82) is 0 Å². The molecular weight excluding hydrogens is 815 g/mol. The first kappa shape index (κ1) is 51.1. The van der Waals surface area contributed by atoms with Crippen molar-refractivity contribution in [3.63, 3.8) is 0 Å². The lowest BCUT2D eigenvalue weighted by molar-refractivity contribution is -0.947. The van der Waals surface area contributed by atoms with Crippen molar-refractivity contribution < 1.29 is 57.5 Å². The number of carbonyl (C=O) groups is 2. The molecule has 5 rings (SSSR count). The Morgan fingerprint density at radius 2 is 1.55 bits per heavy atom. The molecule has 0 bridgehead atoms. The summed E-state index contributed by atoms with van der Waals surface area (Å²) in [6.07, 6.45) is 7.99. The van der Waals surface area contributed by atoms with Gasteiger partial charge in [0.2, 0.25) is 6.79 Å². The van der Waals surface area contributed by atoms with Crippen LogP contribution in [-0.4, -0.2) is 135 Å². The average Bonchev–Trinajstić information content (AvgIpc) is 4.08. The zero-order chi connectivity index (χ0) is 45.8. The molecule has 2 fully saturated rings. The minimum Gasteiger partial charge on any atom is -0.465 e. The number of benzene rings is 3. The number of ether oxygens (including phenoxy) is 5. The number of likely N-dealkylation sites (tertiary alicyclic amines) is 1. The number of quaternary nitrogens is 2. The van der Waals surface area contributed by atoms with Gasteiger partial charge in [0.25, 0.3) is 0 Å². The molecule has 7 atom stereocenters. The van der Waals surface area contributed by atoms with E-state index in [0.717, 1.165) is 86.9 Å². The summed E-state index contributed by atoms with van der Waals surface area (Å²) in [6.45, 7) is 13.6. The summed E-state index contributed by atoms with van der Waals surface area (Å²) in [7, 11) is 2.26. The van der Waals surface area contributed by atoms with Gasteiger partial charge in [0.1, 0.15) is 49.1 Å². The first-order valence-corrected chi connectivity index (χ1v) is 23.8. The molecule has 2 aliphatic heterocycles. The van der Waals surface area contributed by atoms with Gasteiger partial charge in [-0.3, -0.25) is 4.79 Å². The number of hydrogen-bond donors (Lipinski definition) is 3. The largest absolute Gasteiger partial charge is 0.465 e. The minimum atomic E-state index is -0.773. The number of aliphatic hydroxyl groups is 1. The molecule has 3 aromatic carbocycles. The average molecular weight is 892 g/mol. The molecule has 0 spiro atoms. The molecule has 13 nitrogen and oxygen atoms in total. The van der Waals surface area contributed by atoms with Crippen LogP contribution in [0.25, 0.3) is 0 Å². The molecular formula is C51H77N3O10+2. The molecule has 2 aliphatic rings. The Morgan fingerprint density at radius 3 is 2.25 bits per heavy atom. The fraction of sp³-hybridized carbons (Fsp3) is 0.608. The van der Waals surface area contributed by atoms with Crippen LogP contribution >= 0.6 is 0 Å². The van der Waals surface area contributed by atoms with Crippen LogP contribution in [0.15, 0.2) is 78.9 Å². The molecule has 3 aromatic rings. The number of rotatable bonds is 32. The first-order valence-electron chi connectivity index (χ1n) is 23.8. The number of likely N-dealkylation sites (N-methyl/N-ethyl adjacent to an activating group) is 2. The highest BCUT2D eigenvalue weighted by Crippen LogP contribution is 2.46. The Hall–Kier alpha value is -3.92. The number of nitrogens with one attached hydrogen (secondary N) is 1. The molecule has 0 aromatic heterocycles. The maximum atomic E-state index is 13.7. The van der Waals surface area contributed by atoms with Crippen LogP contribution in [0.1, 0.15) is 107 Å². The quantitative estimate of drug-likeness (QED) is 0.0110. The molecule has 2 saturated heterocycles. The van der Waals surface area contributed by atoms with E-state index >= 15 is 0 Å². The van der Waals surface area contributed by atoms with E-state index < -0.39 is 24.0 Å². The number of esters is 2. The van der Waals surface area contributed by atoms with Gasteiger partial charge in [-0.25, -0.2) is 10.1 Å². The highest BCUT2D eigenvalue weighted by atomic mass is 17.1. The minimum absolute atomic E-state index is 0.0463. The van der Waals surface area contributed by atoms with Crippen molar-refractivity contribution in [3.05, 3.63) is 101 Å². The van der Waals surface area contributed by atoms with Gasteiger partial charge in [-0.2, -0.15) is 4.89 Å². The maximum Gasteiger partial charge on any atom is 0.361 e. The molecule has 5 unspecified atom stereocenters. The number of morpholine rings is 1. The van der Waals surface area contributed by atoms with E-state index in [0.29, 0.717) is 54.4 Å². The molecule has 0 aliphatic carbocycles. The zero-order valence-corrected chi connectivity index (χ0v) is 39.2. The Kier molecular flexibility index (Phi) is 21.0. The summed E-state index contributed by atoms with van der Waals surface area (Å²) in [5.74, 6) is -1.15. The van der Waals surface area contributed by atoms with Crippen molar-refractivity contribution in [2.45, 2.75) is 122 Å². The Labute approximate surface area is 382 Å². The standard InChI is InChI=1S/C51H76N3O10/c1-6-53(5)39(4)49-50(64-49)45(53)28-32-60-51(57)44(41-24-15-12-16-25-41)37-61-48(56)36-54(7-2,8-3)35-43-33-42(26-27-47(43)62-38-63-58)46(55)34-52-29-18-9-10-19-30-59-31-20-17-23-40-21-13-11-14-22-40/h11-16,21-22,24-27,33,39,44-46,49-50,52,55H,6-10,17-20,23,28-32,34-38H2,1-5H3/q+1/p+1/t39?,44?,45?,46?,49-,50+,53?/m1/s1. The molecule has 0 radical (unpaired) electrons. The summed E-state index contributed by atoms with van der Waals surface area (Å²) in [5, 5.41) is 23.7. The monoisotopic (exact) mass is 892 g/mol. The van der Waals surface area contributed by atoms with Gasteiger partial charge in [-0.1, -0.05) is 79.6 Å². The topological polar surface area (TPSA) is 145 Å². The van der Waals surface area contributed by atoms with Crippen LogP contribution in [0.2, 0.25) is 0 Å². The third-order valence-electron chi connectivity index (χ3n) is 14.0. The summed E-state index contributed by atoms with van der Waals surface area (Å²) in [6, 6.07) is 26.0. The Balaban J connectivity index is 1.08. The highest BCUT2D eigenvalue weighted by Gasteiger charge is 2.66. The lowest BCUT2D eigenvalue weighted by Gasteiger charge is -2.41. The second-order valence-electron chi connectivity index (χ2n) is 17.9. The number of hydrogen-bond acceptors (Lipinski definition) is 11. The number of aliphatic hydroxyl groups excluding tert-OH is 1. The third-order valence-corrected chi connectivity index (χ3v) is 14.0. The number of fused-ring (bicyclic) bond motifs is 1. The van der Waals surface area contributed by atoms with Crippen LogP contribution in [0.5, 0.6) is 5.75 Å². The molecule has 2 heterocycles. The number of nitrogens with zero attached hydrogens (tertiary/aromatic N) is 2. The van der Waals surface area contributed by atoms with Crippen LogP contribution in [0, 0.1) is 0 Å². The van der Waals surface area contributed by atoms with Gasteiger partial charge in [-0.05, 0) is 95.2 Å². The zero-order valence-electron chi connectivity index (χ0n) is 39.2. The number of carbonyl (C=O) groups excluding carboxylic acids is 2. The fourth-order valence-corrected chi connectivity index (χ4v) is 9.34. The van der Waals surface area contributed by atoms with Crippen molar-refractivity contribution in [1.82, 2.24) is 5.32 Å². The summed E-state index contributed by atoms with van der Waals surface area (Å²) < 4.78 is 30.6. The SMILES string of the molecule is CC[N+](CC)(CC(=O)OCC(C(=O)OCCC1[C@@H]2O[C@@H]2C(C)[N+]1(C)CC)c1ccccc1)Cc1cc(C(O)CNCCCCCCOCCCCc2ccccc2)ccc1OCOO. The predicted molar refractivity (Wildman–Crippen MR) is 246 cm³/mol. The van der Waals surface area contributed by atoms with Gasteiger partial charge in [-0.15, -0.1) is 0 Å². The molecule has 64 heavy (non-hydrogen) atoms. The van der Waals surface area contributed by atoms with Crippen LogP contribution in [-0.2, 0) is 46.4 Å². The lowest BCUT2D eigenvalue weighted by atomic mass is 10.0. The van der Waals surface area contributed by atoms with Gasteiger partial charge in [0.15, 0.2) is 6.54 Å². The molecule has 0 amide bonds. The van der Waals surface area contributed by atoms with Crippen molar-refractivity contribution in [2.75, 3.05) is 79.5 Å². The van der Waals surface area contributed by atoms with E-state index in [1.54, 1.807) is 12.1 Å². The molecule has 0 saturated carbocycles. The number of unbranched alkanes of at least 4 members (excludes halogenated alkanes) is 4. The maximum absolute atomic E-state index is 13.7. The smallest absolute Gasteiger partial charge is 0.361 e. The Bertz CT molecular complexity index is 1810. The van der Waals surface area contributed by atoms with Crippen molar-refractivity contribution in [3.8, 4) is 5.75 Å². The van der Waals surface area contributed by atoms with Crippen LogP contribution < -0.4 is 10.1 Å². The second-order valence-corrected chi connectivity index (χ2v) is 17.9. The van der Waals surface area contributed by atoms with Gasteiger partial charge in [0.05, 0.1) is 39.4 Å². The Morgan fingerprint density at radius 1 is 0.844 bits per heavy atom. The predicted octanol–water partition coefficient (Wildman–Crippen LogP) is 7.36. The normalized spacial score (nSPS) is 21.2. The summed E-state index contributed by atoms with van der Waals surface area (Å²) in [4.78, 5) is 31.6. The van der Waals surface area contributed by atoms with E-state index in [1.807, 2.05) is 50.2 Å².